The third-order valence-corrected chi connectivity index (χ3v) is 7.20. The van der Waals surface area contributed by atoms with E-state index in [4.69, 9.17) is 0 Å². The molecule has 0 spiro atoms. The van der Waals surface area contributed by atoms with E-state index >= 15 is 0 Å². The van der Waals surface area contributed by atoms with Crippen LogP contribution in [0.5, 0.6) is 0 Å². The molecule has 0 N–H and O–H groups in total. The molecule has 0 saturated carbocycles. The molecular weight excluding hydrogens is 456 g/mol. The molecular formula is C31H26N6. The van der Waals surface area contributed by atoms with Gasteiger partial charge in [-0.25, -0.2) is 9.97 Å². The Morgan fingerprint density at radius 1 is 0.541 bits per heavy atom. The SMILES string of the molecule is Cc1nccn1-c1ccc2c(ccn2Cc2ccc(-n3ccc4cc(-n5ccnc5C)ccc43)cc2)c1. The molecule has 0 aliphatic rings. The summed E-state index contributed by atoms with van der Waals surface area (Å²) in [6.45, 7) is 4.87. The highest BCUT2D eigenvalue weighted by Crippen LogP contribution is 2.25. The average molecular weight is 483 g/mol. The van der Waals surface area contributed by atoms with Crippen LogP contribution in [-0.4, -0.2) is 28.2 Å². The van der Waals surface area contributed by atoms with Crippen molar-refractivity contribution >= 4 is 21.8 Å². The Kier molecular flexibility index (Phi) is 4.86. The van der Waals surface area contributed by atoms with E-state index in [0.717, 1.165) is 35.3 Å². The van der Waals surface area contributed by atoms with E-state index in [2.05, 4.69) is 113 Å². The zero-order valence-corrected chi connectivity index (χ0v) is 20.8. The number of hydrogen-bond donors (Lipinski definition) is 0. The molecule has 4 aromatic heterocycles. The molecule has 0 radical (unpaired) electrons. The topological polar surface area (TPSA) is 45.5 Å². The average Bonchev–Trinajstić information content (AvgIpc) is 3.71. The van der Waals surface area contributed by atoms with Crippen molar-refractivity contribution < 1.29 is 0 Å². The van der Waals surface area contributed by atoms with Crippen molar-refractivity contribution in [1.29, 1.82) is 0 Å². The minimum atomic E-state index is 0.827. The zero-order chi connectivity index (χ0) is 24.9. The standard InChI is InChI=1S/C31H26N6/c1-22-32-13-17-35(22)28-7-9-30-25(19-28)11-15-34(30)21-24-3-5-27(6-4-24)37-16-12-26-20-29(8-10-31(26)37)36-18-14-33-23(36)2/h3-20H,21H2,1-2H3. The molecule has 7 aromatic rings. The fourth-order valence-corrected chi connectivity index (χ4v) is 5.24. The summed E-state index contributed by atoms with van der Waals surface area (Å²) in [5.41, 5.74) is 7.10. The summed E-state index contributed by atoms with van der Waals surface area (Å²) >= 11 is 0. The minimum absolute atomic E-state index is 0.827. The summed E-state index contributed by atoms with van der Waals surface area (Å²) in [5, 5.41) is 2.44. The van der Waals surface area contributed by atoms with Crippen LogP contribution in [0.4, 0.5) is 0 Å². The Labute approximate surface area is 214 Å². The summed E-state index contributed by atoms with van der Waals surface area (Å²) in [6, 6.07) is 26.3. The maximum Gasteiger partial charge on any atom is 0.110 e. The number of aromatic nitrogens is 6. The Hall–Kier alpha value is -4.84. The lowest BCUT2D eigenvalue weighted by Gasteiger charge is -2.10. The number of imidazole rings is 2. The molecule has 6 heteroatoms. The molecule has 180 valence electrons. The Bertz CT molecular complexity index is 1880. The second-order valence-corrected chi connectivity index (χ2v) is 9.47. The monoisotopic (exact) mass is 482 g/mol. The van der Waals surface area contributed by atoms with Crippen LogP contribution in [0.2, 0.25) is 0 Å². The fourth-order valence-electron chi connectivity index (χ4n) is 5.24. The van der Waals surface area contributed by atoms with Crippen molar-refractivity contribution in [3.63, 3.8) is 0 Å². The van der Waals surface area contributed by atoms with Crippen LogP contribution in [0.3, 0.4) is 0 Å². The second kappa shape index (κ2) is 8.38. The van der Waals surface area contributed by atoms with E-state index in [1.54, 1.807) is 0 Å². The van der Waals surface area contributed by atoms with Gasteiger partial charge < -0.3 is 18.3 Å². The van der Waals surface area contributed by atoms with E-state index < -0.39 is 0 Å². The molecule has 7 rings (SSSR count). The molecule has 0 amide bonds. The van der Waals surface area contributed by atoms with Crippen molar-refractivity contribution in [3.05, 3.63) is 127 Å². The smallest absolute Gasteiger partial charge is 0.110 e. The summed E-state index contributed by atoms with van der Waals surface area (Å²) in [4.78, 5) is 8.69. The number of benzene rings is 3. The third-order valence-electron chi connectivity index (χ3n) is 7.20. The second-order valence-electron chi connectivity index (χ2n) is 9.47. The summed E-state index contributed by atoms with van der Waals surface area (Å²) in [5.74, 6) is 1.97. The number of hydrogen-bond acceptors (Lipinski definition) is 2. The number of fused-ring (bicyclic) bond motifs is 2. The molecule has 0 fully saturated rings. The van der Waals surface area contributed by atoms with Gasteiger partial charge in [-0.15, -0.1) is 0 Å². The molecule has 0 aliphatic carbocycles. The first-order chi connectivity index (χ1) is 18.1. The van der Waals surface area contributed by atoms with E-state index in [1.165, 1.54) is 27.4 Å². The number of aryl methyl sites for hydroxylation is 2. The highest BCUT2D eigenvalue weighted by atomic mass is 15.1. The van der Waals surface area contributed by atoms with Crippen LogP contribution in [0.1, 0.15) is 17.2 Å². The molecule has 0 unspecified atom stereocenters. The van der Waals surface area contributed by atoms with Gasteiger partial charge in [0.1, 0.15) is 11.6 Å². The Morgan fingerprint density at radius 3 is 1.73 bits per heavy atom. The van der Waals surface area contributed by atoms with Gasteiger partial charge in [0.2, 0.25) is 0 Å². The van der Waals surface area contributed by atoms with Crippen molar-refractivity contribution in [3.8, 4) is 17.1 Å². The third kappa shape index (κ3) is 3.65. The molecule has 3 aromatic carbocycles. The van der Waals surface area contributed by atoms with Gasteiger partial charge in [-0.05, 0) is 80.1 Å². The van der Waals surface area contributed by atoms with Gasteiger partial charge in [-0.2, -0.15) is 0 Å². The van der Waals surface area contributed by atoms with Crippen LogP contribution >= 0.6 is 0 Å². The van der Waals surface area contributed by atoms with Gasteiger partial charge in [0.15, 0.2) is 0 Å². The van der Waals surface area contributed by atoms with Crippen molar-refractivity contribution in [2.45, 2.75) is 20.4 Å². The first kappa shape index (κ1) is 21.4. The van der Waals surface area contributed by atoms with Gasteiger partial charge >= 0.3 is 0 Å². The Morgan fingerprint density at radius 2 is 1.11 bits per heavy atom. The lowest BCUT2D eigenvalue weighted by Crippen LogP contribution is -2.00. The predicted octanol–water partition coefficient (Wildman–Crippen LogP) is 6.62. The summed E-state index contributed by atoms with van der Waals surface area (Å²) in [7, 11) is 0. The van der Waals surface area contributed by atoms with Gasteiger partial charge in [0.05, 0.1) is 5.52 Å². The van der Waals surface area contributed by atoms with E-state index in [9.17, 15) is 0 Å². The van der Waals surface area contributed by atoms with Crippen molar-refractivity contribution in [1.82, 2.24) is 28.2 Å². The maximum absolute atomic E-state index is 4.35. The minimum Gasteiger partial charge on any atom is -0.343 e. The normalized spacial score (nSPS) is 11.6. The number of rotatable bonds is 5. The van der Waals surface area contributed by atoms with Crippen LogP contribution in [0, 0.1) is 13.8 Å². The highest BCUT2D eigenvalue weighted by Gasteiger charge is 2.09. The molecule has 0 aliphatic heterocycles. The van der Waals surface area contributed by atoms with Crippen LogP contribution in [-0.2, 0) is 6.54 Å². The van der Waals surface area contributed by atoms with Crippen LogP contribution in [0.15, 0.2) is 110 Å². The maximum atomic E-state index is 4.35. The molecule has 0 atom stereocenters. The molecule has 37 heavy (non-hydrogen) atoms. The fraction of sp³-hybridized carbons (Fsp3) is 0.0968. The van der Waals surface area contributed by atoms with E-state index in [-0.39, 0.29) is 0 Å². The molecule has 4 heterocycles. The van der Waals surface area contributed by atoms with Gasteiger partial charge in [0.25, 0.3) is 0 Å². The molecule has 6 nitrogen and oxygen atoms in total. The first-order valence-electron chi connectivity index (χ1n) is 12.4. The molecule has 0 bridgehead atoms. The van der Waals surface area contributed by atoms with Gasteiger partial charge in [0, 0.05) is 77.1 Å². The van der Waals surface area contributed by atoms with Crippen molar-refractivity contribution in [2.24, 2.45) is 0 Å². The number of nitrogens with zero attached hydrogens (tertiary/aromatic N) is 6. The van der Waals surface area contributed by atoms with Gasteiger partial charge in [-0.3, -0.25) is 0 Å². The quantitative estimate of drug-likeness (QED) is 0.277. The zero-order valence-electron chi connectivity index (χ0n) is 20.8. The summed E-state index contributed by atoms with van der Waals surface area (Å²) in [6.07, 6.45) is 12.0. The highest BCUT2D eigenvalue weighted by molar-refractivity contribution is 5.84. The van der Waals surface area contributed by atoms with Gasteiger partial charge in [-0.1, -0.05) is 12.1 Å². The van der Waals surface area contributed by atoms with E-state index in [1.807, 2.05) is 38.6 Å². The largest absolute Gasteiger partial charge is 0.343 e. The molecule has 0 saturated heterocycles. The van der Waals surface area contributed by atoms with E-state index in [0.29, 0.717) is 0 Å². The van der Waals surface area contributed by atoms with Crippen LogP contribution in [0.25, 0.3) is 38.9 Å². The predicted molar refractivity (Wildman–Crippen MR) is 148 cm³/mol. The van der Waals surface area contributed by atoms with Crippen LogP contribution < -0.4 is 0 Å². The van der Waals surface area contributed by atoms with Crippen molar-refractivity contribution in [2.75, 3.05) is 0 Å². The summed E-state index contributed by atoms with van der Waals surface area (Å²) < 4.78 is 8.77. The first-order valence-corrected chi connectivity index (χ1v) is 12.4. The lowest BCUT2D eigenvalue weighted by molar-refractivity contribution is 0.836. The Balaban J connectivity index is 1.14. The lowest BCUT2D eigenvalue weighted by atomic mass is 10.2.